The van der Waals surface area contributed by atoms with Crippen LogP contribution in [0.4, 0.5) is 4.39 Å². The van der Waals surface area contributed by atoms with Crippen molar-refractivity contribution in [1.29, 1.82) is 0 Å². The Labute approximate surface area is 120 Å². The highest BCUT2D eigenvalue weighted by Gasteiger charge is 2.37. The van der Waals surface area contributed by atoms with Gasteiger partial charge >= 0.3 is 0 Å². The molecule has 1 unspecified atom stereocenters. The molecule has 1 fully saturated rings. The minimum Gasteiger partial charge on any atom is -0.392 e. The number of amides is 1. The van der Waals surface area contributed by atoms with Crippen LogP contribution in [0.2, 0.25) is 0 Å². The monoisotopic (exact) mass is 329 g/mol. The zero-order valence-electron chi connectivity index (χ0n) is 11.0. The molecule has 1 aromatic rings. The topological polar surface area (TPSA) is 40.5 Å². The van der Waals surface area contributed by atoms with Crippen LogP contribution in [0.3, 0.4) is 0 Å². The first-order chi connectivity index (χ1) is 8.81. The minimum atomic E-state index is -0.525. The van der Waals surface area contributed by atoms with Gasteiger partial charge < -0.3 is 10.0 Å². The van der Waals surface area contributed by atoms with E-state index in [0.717, 1.165) is 0 Å². The molecule has 1 amide bonds. The third-order valence-electron chi connectivity index (χ3n) is 3.62. The van der Waals surface area contributed by atoms with Crippen LogP contribution in [-0.2, 0) is 0 Å². The summed E-state index contributed by atoms with van der Waals surface area (Å²) in [5, 5.41) is 9.88. The summed E-state index contributed by atoms with van der Waals surface area (Å²) in [5.74, 6) is -0.840. The van der Waals surface area contributed by atoms with Gasteiger partial charge in [0.05, 0.1) is 11.7 Å². The molecule has 0 spiro atoms. The van der Waals surface area contributed by atoms with E-state index in [1.807, 2.05) is 13.8 Å². The van der Waals surface area contributed by atoms with Crippen molar-refractivity contribution in [2.45, 2.75) is 26.4 Å². The molecule has 104 valence electrons. The molecule has 1 aliphatic heterocycles. The van der Waals surface area contributed by atoms with Crippen molar-refractivity contribution in [3.63, 3.8) is 0 Å². The van der Waals surface area contributed by atoms with Crippen molar-refractivity contribution >= 4 is 21.8 Å². The smallest absolute Gasteiger partial charge is 0.256 e. The normalized spacial score (nSPS) is 22.4. The van der Waals surface area contributed by atoms with Crippen molar-refractivity contribution in [2.24, 2.45) is 5.41 Å². The lowest BCUT2D eigenvalue weighted by molar-refractivity contribution is -0.0183. The fourth-order valence-corrected chi connectivity index (χ4v) is 2.68. The number of carbonyl (C=O) groups excluding carboxylic acids is 1. The second-order valence-corrected chi connectivity index (χ2v) is 6.56. The first-order valence-corrected chi connectivity index (χ1v) is 7.03. The summed E-state index contributed by atoms with van der Waals surface area (Å²) in [4.78, 5) is 13.9. The molecule has 1 heterocycles. The average Bonchev–Trinajstić information content (AvgIpc) is 2.32. The number of hydrogen-bond acceptors (Lipinski definition) is 2. The molecule has 0 aromatic heterocycles. The molecule has 0 bridgehead atoms. The molecule has 19 heavy (non-hydrogen) atoms. The lowest BCUT2D eigenvalue weighted by atomic mass is 9.81. The van der Waals surface area contributed by atoms with Crippen LogP contribution in [0.1, 0.15) is 30.6 Å². The van der Waals surface area contributed by atoms with Crippen LogP contribution >= 0.6 is 15.9 Å². The number of rotatable bonds is 1. The highest BCUT2D eigenvalue weighted by Crippen LogP contribution is 2.30. The Kier molecular flexibility index (Phi) is 3.97. The standard InChI is InChI=1S/C14H17BrFNO2/c1-14(2)8-17(6-5-12(14)18)13(19)10-4-3-9(15)7-11(10)16/h3-4,7,12,18H,5-6,8H2,1-2H3. The number of aliphatic hydroxyl groups excluding tert-OH is 1. The third kappa shape index (κ3) is 2.98. The Bertz CT molecular complexity index is 504. The Morgan fingerprint density at radius 1 is 1.53 bits per heavy atom. The van der Waals surface area contributed by atoms with Gasteiger partial charge in [-0.15, -0.1) is 0 Å². The number of nitrogens with zero attached hydrogens (tertiary/aromatic N) is 1. The summed E-state index contributed by atoms with van der Waals surface area (Å²) in [5.41, 5.74) is -0.282. The van der Waals surface area contributed by atoms with E-state index < -0.39 is 11.9 Å². The van der Waals surface area contributed by atoms with E-state index in [2.05, 4.69) is 15.9 Å². The van der Waals surface area contributed by atoms with Gasteiger partial charge in [-0.3, -0.25) is 4.79 Å². The molecule has 5 heteroatoms. The third-order valence-corrected chi connectivity index (χ3v) is 4.11. The second kappa shape index (κ2) is 5.21. The number of likely N-dealkylation sites (tertiary alicyclic amines) is 1. The van der Waals surface area contributed by atoms with Crippen molar-refractivity contribution in [2.75, 3.05) is 13.1 Å². The van der Waals surface area contributed by atoms with Gasteiger partial charge in [0, 0.05) is 23.0 Å². The zero-order valence-corrected chi connectivity index (χ0v) is 12.6. The fourth-order valence-electron chi connectivity index (χ4n) is 2.35. The number of benzene rings is 1. The van der Waals surface area contributed by atoms with Crippen molar-refractivity contribution in [1.82, 2.24) is 4.90 Å². The summed E-state index contributed by atoms with van der Waals surface area (Å²) in [6.45, 7) is 4.71. The molecule has 0 aliphatic carbocycles. The van der Waals surface area contributed by atoms with Crippen LogP contribution in [-0.4, -0.2) is 35.1 Å². The van der Waals surface area contributed by atoms with Gasteiger partial charge in [-0.05, 0) is 24.6 Å². The highest BCUT2D eigenvalue weighted by molar-refractivity contribution is 9.10. The molecule has 1 N–H and O–H groups in total. The zero-order chi connectivity index (χ0) is 14.2. The lowest BCUT2D eigenvalue weighted by Gasteiger charge is -2.41. The lowest BCUT2D eigenvalue weighted by Crippen LogP contribution is -2.50. The van der Waals surface area contributed by atoms with Gasteiger partial charge in [-0.2, -0.15) is 0 Å². The van der Waals surface area contributed by atoms with Crippen LogP contribution < -0.4 is 0 Å². The number of hydrogen-bond donors (Lipinski definition) is 1. The van der Waals surface area contributed by atoms with Gasteiger partial charge in [0.25, 0.3) is 5.91 Å². The van der Waals surface area contributed by atoms with Crippen molar-refractivity contribution in [3.05, 3.63) is 34.1 Å². The molecule has 0 radical (unpaired) electrons. The Morgan fingerprint density at radius 2 is 2.21 bits per heavy atom. The first-order valence-electron chi connectivity index (χ1n) is 6.23. The van der Waals surface area contributed by atoms with Gasteiger partial charge in [0.1, 0.15) is 5.82 Å². The van der Waals surface area contributed by atoms with E-state index in [1.165, 1.54) is 12.1 Å². The average molecular weight is 330 g/mol. The maximum absolute atomic E-state index is 13.8. The molecule has 1 aliphatic rings. The van der Waals surface area contributed by atoms with E-state index in [-0.39, 0.29) is 16.9 Å². The van der Waals surface area contributed by atoms with E-state index in [1.54, 1.807) is 11.0 Å². The Balaban J connectivity index is 2.21. The molecule has 2 rings (SSSR count). The molecular formula is C14H17BrFNO2. The second-order valence-electron chi connectivity index (χ2n) is 5.64. The van der Waals surface area contributed by atoms with Crippen LogP contribution in [0.25, 0.3) is 0 Å². The van der Waals surface area contributed by atoms with E-state index >= 15 is 0 Å². The van der Waals surface area contributed by atoms with Gasteiger partial charge in [-0.25, -0.2) is 4.39 Å². The first kappa shape index (κ1) is 14.5. The summed E-state index contributed by atoms with van der Waals surface area (Å²) >= 11 is 3.17. The van der Waals surface area contributed by atoms with E-state index in [0.29, 0.717) is 24.0 Å². The van der Waals surface area contributed by atoms with Crippen molar-refractivity contribution in [3.8, 4) is 0 Å². The summed E-state index contributed by atoms with van der Waals surface area (Å²) in [7, 11) is 0. The maximum Gasteiger partial charge on any atom is 0.256 e. The summed E-state index contributed by atoms with van der Waals surface area (Å²) < 4.78 is 14.4. The quantitative estimate of drug-likeness (QED) is 0.860. The Morgan fingerprint density at radius 3 is 2.79 bits per heavy atom. The van der Waals surface area contributed by atoms with E-state index in [4.69, 9.17) is 0 Å². The molecule has 1 saturated heterocycles. The predicted octanol–water partition coefficient (Wildman–Crippen LogP) is 2.82. The van der Waals surface area contributed by atoms with Crippen LogP contribution in [0.15, 0.2) is 22.7 Å². The van der Waals surface area contributed by atoms with Crippen LogP contribution in [0, 0.1) is 11.2 Å². The van der Waals surface area contributed by atoms with E-state index in [9.17, 15) is 14.3 Å². The van der Waals surface area contributed by atoms with Gasteiger partial charge in [0.15, 0.2) is 0 Å². The number of piperidine rings is 1. The number of aliphatic hydroxyl groups is 1. The maximum atomic E-state index is 13.8. The molecule has 0 saturated carbocycles. The van der Waals surface area contributed by atoms with Gasteiger partial charge in [0.2, 0.25) is 0 Å². The predicted molar refractivity (Wildman–Crippen MR) is 74.4 cm³/mol. The highest BCUT2D eigenvalue weighted by atomic mass is 79.9. The number of carbonyl (C=O) groups is 1. The molecule has 1 aromatic carbocycles. The SMILES string of the molecule is CC1(C)CN(C(=O)c2ccc(Br)cc2F)CCC1O. The molecular weight excluding hydrogens is 313 g/mol. The number of halogens is 2. The minimum absolute atomic E-state index is 0.0791. The summed E-state index contributed by atoms with van der Waals surface area (Å²) in [6.07, 6.45) is 0.1000. The van der Waals surface area contributed by atoms with Crippen molar-refractivity contribution < 1.29 is 14.3 Å². The summed E-state index contributed by atoms with van der Waals surface area (Å²) in [6, 6.07) is 4.43. The molecule has 3 nitrogen and oxygen atoms in total. The van der Waals surface area contributed by atoms with Crippen LogP contribution in [0.5, 0.6) is 0 Å². The Hall–Kier alpha value is -0.940. The molecule has 1 atom stereocenters. The largest absolute Gasteiger partial charge is 0.392 e. The van der Waals surface area contributed by atoms with Gasteiger partial charge in [-0.1, -0.05) is 29.8 Å². The fraction of sp³-hybridized carbons (Fsp3) is 0.500.